The van der Waals surface area contributed by atoms with E-state index in [4.69, 9.17) is 16.3 Å². The normalized spacial score (nSPS) is 16.0. The largest absolute Gasteiger partial charge is 0.495 e. The number of pyridine rings is 1. The van der Waals surface area contributed by atoms with Gasteiger partial charge in [0.15, 0.2) is 5.78 Å². The van der Waals surface area contributed by atoms with Gasteiger partial charge >= 0.3 is 0 Å². The van der Waals surface area contributed by atoms with Gasteiger partial charge in [0.25, 0.3) is 0 Å². The number of methoxy groups -OCH3 is 1. The number of imidazole rings is 1. The van der Waals surface area contributed by atoms with Gasteiger partial charge < -0.3 is 19.6 Å². The van der Waals surface area contributed by atoms with E-state index < -0.39 is 0 Å². The predicted octanol–water partition coefficient (Wildman–Crippen LogP) is 3.13. The van der Waals surface area contributed by atoms with Gasteiger partial charge in [-0.15, -0.1) is 0 Å². The van der Waals surface area contributed by atoms with Crippen molar-refractivity contribution in [2.24, 2.45) is 0 Å². The van der Waals surface area contributed by atoms with Gasteiger partial charge in [0.1, 0.15) is 11.4 Å². The molecule has 2 aromatic heterocycles. The molecule has 2 N–H and O–H groups in total. The number of nitrogens with one attached hydrogen (secondary N) is 1. The third kappa shape index (κ3) is 4.43. The number of hydrogen-bond donors (Lipinski definition) is 2. The van der Waals surface area contributed by atoms with E-state index in [1.54, 1.807) is 12.1 Å². The molecule has 4 rings (SSSR count). The number of hydrogen-bond acceptors (Lipinski definition) is 5. The lowest BCUT2D eigenvalue weighted by Gasteiger charge is -2.09. The van der Waals surface area contributed by atoms with Crippen LogP contribution in [0.2, 0.25) is 5.02 Å². The number of aliphatic hydroxyl groups is 1. The summed E-state index contributed by atoms with van der Waals surface area (Å²) in [4.78, 5) is 17.1. The van der Waals surface area contributed by atoms with Crippen molar-refractivity contribution < 1.29 is 14.6 Å². The summed E-state index contributed by atoms with van der Waals surface area (Å²) in [5.74, 6) is 0.734. The van der Waals surface area contributed by atoms with Gasteiger partial charge in [-0.1, -0.05) is 11.6 Å². The minimum atomic E-state index is -0.148. The molecular weight excluding hydrogens is 410 g/mol. The van der Waals surface area contributed by atoms with Gasteiger partial charge in [-0.25, -0.2) is 4.98 Å². The van der Waals surface area contributed by atoms with Crippen molar-refractivity contribution >= 4 is 36.5 Å². The zero-order valence-electron chi connectivity index (χ0n) is 16.1. The lowest BCUT2D eigenvalue weighted by atomic mass is 10.0. The fourth-order valence-electron chi connectivity index (χ4n) is 3.67. The average molecular weight is 434 g/mol. The van der Waals surface area contributed by atoms with Crippen LogP contribution in [0.15, 0.2) is 36.7 Å². The molecule has 0 aliphatic carbocycles. The Bertz CT molecular complexity index is 1030. The number of ketones is 1. The Kier molecular flexibility index (Phi) is 6.85. The highest BCUT2D eigenvalue weighted by Crippen LogP contribution is 2.33. The van der Waals surface area contributed by atoms with Crippen molar-refractivity contribution in [2.45, 2.75) is 31.9 Å². The summed E-state index contributed by atoms with van der Waals surface area (Å²) in [6.07, 6.45) is 6.15. The molecule has 29 heavy (non-hydrogen) atoms. The van der Waals surface area contributed by atoms with Crippen molar-refractivity contribution in [3.8, 4) is 17.0 Å². The molecule has 154 valence electrons. The smallest absolute Gasteiger partial charge is 0.154 e. The maximum absolute atomic E-state index is 12.4. The molecule has 0 unspecified atom stereocenters. The van der Waals surface area contributed by atoms with Crippen LogP contribution in [0.3, 0.4) is 0 Å². The molecule has 1 atom stereocenters. The molecule has 0 saturated carbocycles. The average Bonchev–Trinajstić information content (AvgIpc) is 3.37. The molecule has 3 aromatic rings. The van der Waals surface area contributed by atoms with E-state index in [1.807, 2.05) is 28.9 Å². The van der Waals surface area contributed by atoms with Crippen LogP contribution in [0.4, 0.5) is 0 Å². The standard InChI is InChI=1S/C21H22ClN3O3.H2S/c1-28-20-9-14(12-26)15(10-16(20)22)18-11-25-6-4-13(8-21(25)24-18)7-19(27)17-3-2-5-23-17;/h4,6,8-11,17,23,26H,2-3,5,7,12H2,1H3;1H2/t17-;/m0./s1. The van der Waals surface area contributed by atoms with Crippen LogP contribution in [0.25, 0.3) is 16.9 Å². The quantitative estimate of drug-likeness (QED) is 0.624. The van der Waals surface area contributed by atoms with Crippen molar-refractivity contribution in [3.05, 3.63) is 52.8 Å². The number of aliphatic hydroxyl groups excluding tert-OH is 1. The van der Waals surface area contributed by atoms with E-state index >= 15 is 0 Å². The Hall–Kier alpha value is -2.06. The summed E-state index contributed by atoms with van der Waals surface area (Å²) in [5.41, 5.74) is 3.83. The minimum Gasteiger partial charge on any atom is -0.495 e. The van der Waals surface area contributed by atoms with Crippen molar-refractivity contribution in [3.63, 3.8) is 0 Å². The predicted molar refractivity (Wildman–Crippen MR) is 118 cm³/mol. The third-order valence-corrected chi connectivity index (χ3v) is 5.47. The Morgan fingerprint density at radius 3 is 2.93 bits per heavy atom. The molecule has 8 heteroatoms. The van der Waals surface area contributed by atoms with Gasteiger partial charge in [0.05, 0.1) is 30.5 Å². The highest BCUT2D eigenvalue weighted by atomic mass is 35.5. The molecule has 0 radical (unpaired) electrons. The molecule has 0 spiro atoms. The first-order valence-corrected chi connectivity index (χ1v) is 9.68. The number of Topliss-reactive ketones (excluding diaryl/α,β-unsaturated/α-hetero) is 1. The van der Waals surface area contributed by atoms with Crippen molar-refractivity contribution in [1.82, 2.24) is 14.7 Å². The highest BCUT2D eigenvalue weighted by Gasteiger charge is 2.22. The number of benzene rings is 1. The van der Waals surface area contributed by atoms with Crippen LogP contribution in [0, 0.1) is 0 Å². The van der Waals surface area contributed by atoms with Gasteiger partial charge in [-0.2, -0.15) is 13.5 Å². The van der Waals surface area contributed by atoms with E-state index in [-0.39, 0.29) is 31.9 Å². The van der Waals surface area contributed by atoms with Crippen LogP contribution in [-0.4, -0.2) is 40.0 Å². The molecule has 0 amide bonds. The Morgan fingerprint density at radius 2 is 2.24 bits per heavy atom. The molecule has 3 heterocycles. The van der Waals surface area contributed by atoms with Gasteiger partial charge in [0.2, 0.25) is 0 Å². The third-order valence-electron chi connectivity index (χ3n) is 5.18. The molecule has 6 nitrogen and oxygen atoms in total. The lowest BCUT2D eigenvalue weighted by molar-refractivity contribution is -0.120. The molecule has 1 aromatic carbocycles. The summed E-state index contributed by atoms with van der Waals surface area (Å²) in [6.45, 7) is 0.765. The molecule has 1 aliphatic rings. The SMILES string of the molecule is COc1cc(CO)c(-c2cn3ccc(CC(=O)[C@@H]4CCCN4)cc3n2)cc1Cl.S. The second kappa shape index (κ2) is 9.17. The van der Waals surface area contributed by atoms with Crippen molar-refractivity contribution in [2.75, 3.05) is 13.7 Å². The fourth-order valence-corrected chi connectivity index (χ4v) is 3.91. The van der Waals surface area contributed by atoms with Gasteiger partial charge in [-0.3, -0.25) is 4.79 Å². The maximum Gasteiger partial charge on any atom is 0.154 e. The number of ether oxygens (including phenoxy) is 1. The molecule has 0 bridgehead atoms. The highest BCUT2D eigenvalue weighted by molar-refractivity contribution is 7.59. The molecule has 1 fully saturated rings. The monoisotopic (exact) mass is 433 g/mol. The summed E-state index contributed by atoms with van der Waals surface area (Å²) in [5, 5.41) is 13.4. The van der Waals surface area contributed by atoms with Crippen LogP contribution in [-0.2, 0) is 17.8 Å². The molecule has 1 aliphatic heterocycles. The van der Waals surface area contributed by atoms with Crippen molar-refractivity contribution in [1.29, 1.82) is 0 Å². The molecule has 1 saturated heterocycles. The minimum absolute atomic E-state index is 0. The fraction of sp³-hybridized carbons (Fsp3) is 0.333. The number of rotatable bonds is 6. The summed E-state index contributed by atoms with van der Waals surface area (Å²) in [7, 11) is 1.54. The summed E-state index contributed by atoms with van der Waals surface area (Å²) < 4.78 is 7.13. The lowest BCUT2D eigenvalue weighted by Crippen LogP contribution is -2.31. The number of fused-ring (bicyclic) bond motifs is 1. The summed E-state index contributed by atoms with van der Waals surface area (Å²) >= 11 is 6.27. The number of nitrogens with zero attached hydrogens (tertiary/aromatic N) is 2. The first-order valence-electron chi connectivity index (χ1n) is 9.30. The second-order valence-corrected chi connectivity index (χ2v) is 7.43. The first-order chi connectivity index (χ1) is 13.6. The van der Waals surface area contributed by atoms with E-state index in [0.717, 1.165) is 36.2 Å². The van der Waals surface area contributed by atoms with Crippen LogP contribution >= 0.6 is 25.1 Å². The van der Waals surface area contributed by atoms with Crippen LogP contribution in [0.5, 0.6) is 5.75 Å². The Morgan fingerprint density at radius 1 is 1.41 bits per heavy atom. The zero-order chi connectivity index (χ0) is 19.7. The van der Waals surface area contributed by atoms with E-state index in [9.17, 15) is 9.90 Å². The topological polar surface area (TPSA) is 75.9 Å². The van der Waals surface area contributed by atoms with E-state index in [1.165, 1.54) is 7.11 Å². The number of aromatic nitrogens is 2. The van der Waals surface area contributed by atoms with E-state index in [0.29, 0.717) is 28.5 Å². The van der Waals surface area contributed by atoms with Crippen LogP contribution in [0.1, 0.15) is 24.0 Å². The van der Waals surface area contributed by atoms with Gasteiger partial charge in [-0.05, 0) is 54.8 Å². The number of carbonyl (C=O) groups is 1. The second-order valence-electron chi connectivity index (χ2n) is 7.02. The first kappa shape index (κ1) is 21.6. The maximum atomic E-state index is 12.4. The Labute approximate surface area is 181 Å². The number of halogens is 1. The van der Waals surface area contributed by atoms with E-state index in [2.05, 4.69) is 10.3 Å². The number of carbonyl (C=O) groups excluding carboxylic acids is 1. The zero-order valence-corrected chi connectivity index (χ0v) is 17.9. The Balaban J connectivity index is 0.00000240. The summed E-state index contributed by atoms with van der Waals surface area (Å²) in [6, 6.07) is 7.32. The van der Waals surface area contributed by atoms with Gasteiger partial charge in [0, 0.05) is 24.4 Å². The van der Waals surface area contributed by atoms with Crippen LogP contribution < -0.4 is 10.1 Å². The molecular formula is C21H24ClN3O3S.